The third-order valence-corrected chi connectivity index (χ3v) is 9.16. The molecule has 218 valence electrons. The Bertz CT molecular complexity index is 1490. The number of carbonyl (C=O) groups excluding carboxylic acids is 2. The molecule has 0 bridgehead atoms. The van der Waals surface area contributed by atoms with E-state index < -0.39 is 0 Å². The van der Waals surface area contributed by atoms with E-state index in [2.05, 4.69) is 49.4 Å². The normalized spacial score (nSPS) is 20.5. The van der Waals surface area contributed by atoms with Crippen LogP contribution in [0.1, 0.15) is 53.0 Å². The molecule has 0 saturated carbocycles. The second kappa shape index (κ2) is 11.3. The van der Waals surface area contributed by atoms with E-state index in [0.29, 0.717) is 36.2 Å². The summed E-state index contributed by atoms with van der Waals surface area (Å²) in [4.78, 5) is 41.1. The number of fused-ring (bicyclic) bond motifs is 1. The van der Waals surface area contributed by atoms with Crippen molar-refractivity contribution in [2.75, 3.05) is 56.9 Å². The maximum Gasteiger partial charge on any atom is 0.267 e. The minimum atomic E-state index is -0.143. The van der Waals surface area contributed by atoms with Crippen LogP contribution in [0.5, 0.6) is 5.88 Å². The lowest BCUT2D eigenvalue weighted by molar-refractivity contribution is -0.127. The summed E-state index contributed by atoms with van der Waals surface area (Å²) in [5.74, 6) is 0.739. The molecule has 3 aromatic rings. The van der Waals surface area contributed by atoms with Gasteiger partial charge in [-0.3, -0.25) is 9.59 Å². The molecule has 2 amide bonds. The number of hydrogen-bond acceptors (Lipinski definition) is 10. The standard InChI is InChI=1S/C28H37N9O3S/c1-17-32-28(40-21-7-10-34(3)11-8-21)25(41-17)27(39)33-20-5-4-9-36(15-20)23-13-22(19-6-12-35(14-19)18(2)38)37-24(23)26(29)30-16-31-37/h6,13,16,20-21H,4-5,7-12,14-15H2,1-3H3,(H,33,39)(H2,29,30,31)/t20-/m1/s1. The number of amides is 2. The van der Waals surface area contributed by atoms with Crippen molar-refractivity contribution in [3.63, 3.8) is 0 Å². The zero-order valence-electron chi connectivity index (χ0n) is 23.8. The van der Waals surface area contributed by atoms with Gasteiger partial charge in [0.1, 0.15) is 17.9 Å². The van der Waals surface area contributed by atoms with Crippen LogP contribution >= 0.6 is 11.3 Å². The number of nitrogen functional groups attached to an aromatic ring is 1. The first-order valence-corrected chi connectivity index (χ1v) is 15.0. The first-order chi connectivity index (χ1) is 19.8. The quantitative estimate of drug-likeness (QED) is 0.451. The highest BCUT2D eigenvalue weighted by Gasteiger charge is 2.30. The minimum Gasteiger partial charge on any atom is -0.473 e. The molecule has 41 heavy (non-hydrogen) atoms. The van der Waals surface area contributed by atoms with Crippen molar-refractivity contribution >= 4 is 45.7 Å². The van der Waals surface area contributed by atoms with Gasteiger partial charge in [-0.1, -0.05) is 6.08 Å². The molecule has 13 heteroatoms. The molecule has 6 heterocycles. The molecular weight excluding hydrogens is 542 g/mol. The van der Waals surface area contributed by atoms with Crippen LogP contribution < -0.4 is 20.7 Å². The lowest BCUT2D eigenvalue weighted by Gasteiger charge is -2.34. The van der Waals surface area contributed by atoms with Gasteiger partial charge in [0.05, 0.1) is 16.4 Å². The SMILES string of the molecule is CC(=O)N1CC=C(c2cc(N3CCC[C@@H](NC(=O)c4sc(C)nc4OC4CCN(C)CC4)C3)c3c(N)ncnn23)C1. The van der Waals surface area contributed by atoms with Crippen molar-refractivity contribution in [2.45, 2.75) is 51.7 Å². The number of anilines is 2. The van der Waals surface area contributed by atoms with Gasteiger partial charge in [-0.2, -0.15) is 5.10 Å². The summed E-state index contributed by atoms with van der Waals surface area (Å²) in [5.41, 5.74) is 9.97. The number of aryl methyl sites for hydroxylation is 1. The van der Waals surface area contributed by atoms with Crippen LogP contribution in [-0.2, 0) is 4.79 Å². The van der Waals surface area contributed by atoms with Gasteiger partial charge in [-0.05, 0) is 51.3 Å². The predicted octanol–water partition coefficient (Wildman–Crippen LogP) is 2.19. The molecule has 2 saturated heterocycles. The monoisotopic (exact) mass is 579 g/mol. The Hall–Kier alpha value is -3.71. The molecule has 0 radical (unpaired) electrons. The summed E-state index contributed by atoms with van der Waals surface area (Å²) in [6, 6.07) is 2.03. The first kappa shape index (κ1) is 27.5. The third-order valence-electron chi connectivity index (χ3n) is 8.21. The molecule has 3 aromatic heterocycles. The highest BCUT2D eigenvalue weighted by molar-refractivity contribution is 7.13. The molecular formula is C28H37N9O3S. The number of carbonyl (C=O) groups is 2. The minimum absolute atomic E-state index is 0.0390. The Labute approximate surface area is 243 Å². The molecule has 3 aliphatic rings. The van der Waals surface area contributed by atoms with E-state index >= 15 is 0 Å². The Morgan fingerprint density at radius 1 is 1.20 bits per heavy atom. The van der Waals surface area contributed by atoms with Gasteiger partial charge in [-0.15, -0.1) is 11.3 Å². The van der Waals surface area contributed by atoms with E-state index in [0.717, 1.165) is 72.8 Å². The number of aromatic nitrogens is 4. The third kappa shape index (κ3) is 5.60. The van der Waals surface area contributed by atoms with Crippen molar-refractivity contribution in [3.05, 3.63) is 34.0 Å². The number of ether oxygens (including phenoxy) is 1. The van der Waals surface area contributed by atoms with Crippen molar-refractivity contribution in [3.8, 4) is 5.88 Å². The van der Waals surface area contributed by atoms with Crippen LogP contribution in [0.15, 0.2) is 18.5 Å². The fourth-order valence-electron chi connectivity index (χ4n) is 5.96. The fraction of sp³-hybridized carbons (Fsp3) is 0.536. The number of hydrogen-bond donors (Lipinski definition) is 2. The van der Waals surface area contributed by atoms with Crippen molar-refractivity contribution in [2.24, 2.45) is 0 Å². The van der Waals surface area contributed by atoms with Crippen molar-refractivity contribution in [1.82, 2.24) is 34.7 Å². The average Bonchev–Trinajstić information content (AvgIpc) is 3.68. The van der Waals surface area contributed by atoms with E-state index in [4.69, 9.17) is 10.5 Å². The summed E-state index contributed by atoms with van der Waals surface area (Å²) >= 11 is 1.38. The summed E-state index contributed by atoms with van der Waals surface area (Å²) < 4.78 is 8.05. The number of nitrogens with zero attached hydrogens (tertiary/aromatic N) is 7. The molecule has 0 unspecified atom stereocenters. The summed E-state index contributed by atoms with van der Waals surface area (Å²) in [7, 11) is 2.11. The van der Waals surface area contributed by atoms with Gasteiger partial charge < -0.3 is 30.5 Å². The van der Waals surface area contributed by atoms with Gasteiger partial charge >= 0.3 is 0 Å². The zero-order valence-corrected chi connectivity index (χ0v) is 24.6. The lowest BCUT2D eigenvalue weighted by Crippen LogP contribution is -2.47. The first-order valence-electron chi connectivity index (χ1n) is 14.2. The molecule has 3 aliphatic heterocycles. The molecule has 3 N–H and O–H groups in total. The summed E-state index contributed by atoms with van der Waals surface area (Å²) in [6.45, 7) is 7.99. The van der Waals surface area contributed by atoms with Crippen LogP contribution in [0, 0.1) is 6.92 Å². The van der Waals surface area contributed by atoms with Crippen LogP contribution in [0.2, 0.25) is 0 Å². The molecule has 0 aromatic carbocycles. The number of rotatable bonds is 6. The maximum absolute atomic E-state index is 13.5. The Balaban J connectivity index is 1.19. The van der Waals surface area contributed by atoms with Crippen molar-refractivity contribution in [1.29, 1.82) is 0 Å². The van der Waals surface area contributed by atoms with Gasteiger partial charge in [0.25, 0.3) is 5.91 Å². The van der Waals surface area contributed by atoms with E-state index in [1.165, 1.54) is 17.7 Å². The van der Waals surface area contributed by atoms with E-state index in [1.807, 2.05) is 11.4 Å². The van der Waals surface area contributed by atoms with Crippen molar-refractivity contribution < 1.29 is 14.3 Å². The van der Waals surface area contributed by atoms with Gasteiger partial charge in [0.15, 0.2) is 10.7 Å². The molecule has 12 nitrogen and oxygen atoms in total. The van der Waals surface area contributed by atoms with Crippen LogP contribution in [0.25, 0.3) is 11.1 Å². The maximum atomic E-state index is 13.5. The molecule has 0 spiro atoms. The number of nitrogens with two attached hydrogens (primary N) is 1. The zero-order chi connectivity index (χ0) is 28.7. The molecule has 6 rings (SSSR count). The molecule has 0 aliphatic carbocycles. The Kier molecular flexibility index (Phi) is 7.56. The number of likely N-dealkylation sites (tertiary alicyclic amines) is 1. The van der Waals surface area contributed by atoms with Gasteiger partial charge in [-0.25, -0.2) is 14.5 Å². The second-order valence-corrected chi connectivity index (χ2v) is 12.4. The largest absolute Gasteiger partial charge is 0.473 e. The number of thiazole rings is 1. The van der Waals surface area contributed by atoms with E-state index in [-0.39, 0.29) is 24.0 Å². The molecule has 1 atom stereocenters. The van der Waals surface area contributed by atoms with E-state index in [9.17, 15) is 9.59 Å². The molecule has 2 fully saturated rings. The smallest absolute Gasteiger partial charge is 0.267 e. The number of nitrogens with one attached hydrogen (secondary N) is 1. The topological polar surface area (TPSA) is 134 Å². The van der Waals surface area contributed by atoms with Gasteiger partial charge in [0, 0.05) is 52.2 Å². The average molecular weight is 580 g/mol. The Morgan fingerprint density at radius 3 is 2.76 bits per heavy atom. The van der Waals surface area contributed by atoms with Crippen LogP contribution in [0.4, 0.5) is 11.5 Å². The van der Waals surface area contributed by atoms with Crippen LogP contribution in [0.3, 0.4) is 0 Å². The Morgan fingerprint density at radius 2 is 2.00 bits per heavy atom. The van der Waals surface area contributed by atoms with Gasteiger partial charge in [0.2, 0.25) is 11.8 Å². The highest BCUT2D eigenvalue weighted by atomic mass is 32.1. The van der Waals surface area contributed by atoms with Crippen LogP contribution in [-0.4, -0.2) is 99.7 Å². The second-order valence-electron chi connectivity index (χ2n) is 11.2. The highest BCUT2D eigenvalue weighted by Crippen LogP contribution is 2.35. The predicted molar refractivity (Wildman–Crippen MR) is 158 cm³/mol. The lowest BCUT2D eigenvalue weighted by atomic mass is 10.0. The van der Waals surface area contributed by atoms with E-state index in [1.54, 1.807) is 11.8 Å². The fourth-order valence-corrected chi connectivity index (χ4v) is 6.71. The summed E-state index contributed by atoms with van der Waals surface area (Å²) in [6.07, 6.45) is 7.22. The number of piperidine rings is 2. The summed E-state index contributed by atoms with van der Waals surface area (Å²) in [5, 5.41) is 8.57.